The molecule has 2 bridgehead atoms. The third-order valence-electron chi connectivity index (χ3n) is 8.92. The van der Waals surface area contributed by atoms with Gasteiger partial charge in [0, 0.05) is 22.3 Å². The summed E-state index contributed by atoms with van der Waals surface area (Å²) in [7, 11) is 0. The number of carbonyl (C=O) groups is 1. The van der Waals surface area contributed by atoms with E-state index in [9.17, 15) is 14.9 Å². The number of esters is 1. The second-order valence-electron chi connectivity index (χ2n) is 10.7. The van der Waals surface area contributed by atoms with E-state index in [0.717, 1.165) is 29.5 Å². The van der Waals surface area contributed by atoms with Crippen molar-refractivity contribution in [2.75, 3.05) is 0 Å². The molecule has 5 atom stereocenters. The third kappa shape index (κ3) is 3.78. The van der Waals surface area contributed by atoms with Crippen LogP contribution in [-0.2, 0) is 21.0 Å². The van der Waals surface area contributed by atoms with Crippen LogP contribution in [0.5, 0.6) is 5.75 Å². The molecule has 9 heteroatoms. The number of hydrogen-bond donors (Lipinski definition) is 0. The van der Waals surface area contributed by atoms with Crippen LogP contribution in [0.3, 0.4) is 0 Å². The first kappa shape index (κ1) is 24.0. The molecule has 1 aliphatic heterocycles. The van der Waals surface area contributed by atoms with E-state index < -0.39 is 17.2 Å². The number of nitrogens with zero attached hydrogens (tertiary/aromatic N) is 2. The van der Waals surface area contributed by atoms with Crippen LogP contribution >= 0.6 is 11.6 Å². The minimum absolute atomic E-state index is 0.0484. The van der Waals surface area contributed by atoms with Crippen molar-refractivity contribution >= 4 is 17.6 Å². The Balaban J connectivity index is 1.38. The number of pyridine rings is 1. The molecule has 1 aromatic carbocycles. The van der Waals surface area contributed by atoms with Gasteiger partial charge in [0.05, 0.1) is 18.7 Å². The Morgan fingerprint density at radius 3 is 2.69 bits per heavy atom. The third-order valence-corrected chi connectivity index (χ3v) is 9.18. The van der Waals surface area contributed by atoms with Crippen LogP contribution in [0.4, 0.5) is 0 Å². The maximum Gasteiger partial charge on any atom is 0.311 e. The molecular formula is C26H29ClN2O6. The number of hydrogen-bond acceptors (Lipinski definition) is 7. The van der Waals surface area contributed by atoms with Gasteiger partial charge in [-0.25, -0.2) is 0 Å². The second kappa shape index (κ2) is 8.45. The van der Waals surface area contributed by atoms with Crippen molar-refractivity contribution in [1.29, 1.82) is 0 Å². The Morgan fingerprint density at radius 1 is 1.29 bits per heavy atom. The van der Waals surface area contributed by atoms with E-state index in [1.165, 1.54) is 0 Å². The molecule has 2 heterocycles. The van der Waals surface area contributed by atoms with Gasteiger partial charge in [-0.05, 0) is 60.1 Å². The molecule has 35 heavy (non-hydrogen) atoms. The summed E-state index contributed by atoms with van der Waals surface area (Å²) in [5.41, 5.74) is 2.63. The second-order valence-corrected chi connectivity index (χ2v) is 11.2. The lowest BCUT2D eigenvalue weighted by Crippen LogP contribution is -2.41. The highest BCUT2D eigenvalue weighted by Gasteiger charge is 2.67. The summed E-state index contributed by atoms with van der Waals surface area (Å²) in [5, 5.41) is 11.2. The summed E-state index contributed by atoms with van der Waals surface area (Å²) < 4.78 is 11.9. The molecule has 5 rings (SSSR count). The van der Waals surface area contributed by atoms with Crippen LogP contribution in [-0.4, -0.2) is 22.1 Å². The largest absolute Gasteiger partial charge is 0.424 e. The van der Waals surface area contributed by atoms with Crippen molar-refractivity contribution < 1.29 is 24.2 Å². The lowest BCUT2D eigenvalue weighted by Gasteiger charge is -2.38. The summed E-state index contributed by atoms with van der Waals surface area (Å²) in [5.74, 6) is -0.176. The highest BCUT2D eigenvalue weighted by Crippen LogP contribution is 2.69. The van der Waals surface area contributed by atoms with E-state index in [4.69, 9.17) is 25.9 Å². The van der Waals surface area contributed by atoms with E-state index in [0.29, 0.717) is 23.1 Å². The predicted octanol–water partition coefficient (Wildman–Crippen LogP) is 5.61. The Bertz CT molecular complexity index is 1180. The minimum Gasteiger partial charge on any atom is -0.424 e. The number of benzene rings is 1. The van der Waals surface area contributed by atoms with Gasteiger partial charge in [0.15, 0.2) is 5.75 Å². The highest BCUT2D eigenvalue weighted by molar-refractivity contribution is 6.30. The molecule has 0 spiro atoms. The molecule has 2 saturated carbocycles. The van der Waals surface area contributed by atoms with Crippen LogP contribution in [0.2, 0.25) is 5.02 Å². The molecule has 1 aromatic heterocycles. The Kier molecular flexibility index (Phi) is 5.79. The van der Waals surface area contributed by atoms with Crippen LogP contribution in [0.1, 0.15) is 68.5 Å². The minimum atomic E-state index is -0.725. The zero-order valence-electron chi connectivity index (χ0n) is 20.2. The van der Waals surface area contributed by atoms with E-state index >= 15 is 0 Å². The Morgan fingerprint density at radius 2 is 2.00 bits per heavy atom. The van der Waals surface area contributed by atoms with Gasteiger partial charge in [-0.3, -0.25) is 9.78 Å². The van der Waals surface area contributed by atoms with Gasteiger partial charge < -0.3 is 14.3 Å². The van der Waals surface area contributed by atoms with Crippen LogP contribution in [0.15, 0.2) is 30.5 Å². The maximum absolute atomic E-state index is 13.2. The average molecular weight is 501 g/mol. The highest BCUT2D eigenvalue weighted by atomic mass is 35.5. The fourth-order valence-corrected chi connectivity index (χ4v) is 6.85. The van der Waals surface area contributed by atoms with Crippen LogP contribution in [0, 0.1) is 39.7 Å². The van der Waals surface area contributed by atoms with E-state index in [1.54, 1.807) is 13.1 Å². The molecule has 2 aliphatic carbocycles. The maximum atomic E-state index is 13.2. The molecule has 3 aliphatic rings. The number of aromatic nitrogens is 1. The van der Waals surface area contributed by atoms with Gasteiger partial charge in [-0.2, -0.15) is 0 Å². The standard InChI is InChI=1S/C26H29ClN2O6/c1-14-22(19-13-33-23(18(19)12-28-14)15-5-7-16(27)8-6-15)34-21(30)11-17-20-9-10-26(4,25(20,2)3)24(17)35-29(31)32/h5-8,12,17,20,23-24H,9-11,13H2,1-4H3. The SMILES string of the molecule is Cc1ncc2c(c1OC(=O)CC1C3CCC(C)(C1O[N+](=O)[O-])C3(C)C)COC2c1ccc(Cl)cc1. The Labute approximate surface area is 209 Å². The predicted molar refractivity (Wildman–Crippen MR) is 127 cm³/mol. The zero-order valence-corrected chi connectivity index (χ0v) is 21.0. The average Bonchev–Trinajstić information content (AvgIpc) is 3.36. The summed E-state index contributed by atoms with van der Waals surface area (Å²) in [6.07, 6.45) is 2.60. The van der Waals surface area contributed by atoms with Gasteiger partial charge in [0.25, 0.3) is 5.09 Å². The molecule has 0 radical (unpaired) electrons. The lowest BCUT2D eigenvalue weighted by molar-refractivity contribution is -0.774. The summed E-state index contributed by atoms with van der Waals surface area (Å²) in [6, 6.07) is 7.42. The summed E-state index contributed by atoms with van der Waals surface area (Å²) in [6.45, 7) is 8.37. The molecule has 2 fully saturated rings. The van der Waals surface area contributed by atoms with Crippen molar-refractivity contribution in [3.8, 4) is 5.75 Å². The number of ether oxygens (including phenoxy) is 2. The number of aryl methyl sites for hydroxylation is 1. The van der Waals surface area contributed by atoms with Crippen LogP contribution < -0.4 is 4.74 Å². The van der Waals surface area contributed by atoms with E-state index in [1.807, 2.05) is 31.2 Å². The fourth-order valence-electron chi connectivity index (χ4n) is 6.72. The first-order valence-corrected chi connectivity index (χ1v) is 12.3. The smallest absolute Gasteiger partial charge is 0.311 e. The lowest BCUT2D eigenvalue weighted by atomic mass is 9.70. The molecule has 0 saturated heterocycles. The normalized spacial score (nSPS) is 30.2. The first-order chi connectivity index (χ1) is 16.5. The zero-order chi connectivity index (χ0) is 25.1. The van der Waals surface area contributed by atoms with Gasteiger partial charge in [-0.1, -0.05) is 44.5 Å². The molecule has 8 nitrogen and oxygen atoms in total. The fraction of sp³-hybridized carbons (Fsp3) is 0.538. The molecular weight excluding hydrogens is 472 g/mol. The first-order valence-electron chi connectivity index (χ1n) is 11.9. The molecule has 0 N–H and O–H groups in total. The van der Waals surface area contributed by atoms with Crippen molar-refractivity contribution in [1.82, 2.24) is 4.98 Å². The van der Waals surface area contributed by atoms with Gasteiger partial charge >= 0.3 is 5.97 Å². The number of carbonyl (C=O) groups excluding carboxylic acids is 1. The molecule has 0 amide bonds. The molecule has 2 aromatic rings. The van der Waals surface area contributed by atoms with Gasteiger partial charge in [0.1, 0.15) is 12.2 Å². The van der Waals surface area contributed by atoms with Gasteiger partial charge in [-0.15, -0.1) is 10.1 Å². The summed E-state index contributed by atoms with van der Waals surface area (Å²) >= 11 is 6.02. The quantitative estimate of drug-likeness (QED) is 0.288. The monoisotopic (exact) mass is 500 g/mol. The number of halogens is 1. The van der Waals surface area contributed by atoms with Crippen molar-refractivity contribution in [2.45, 2.75) is 65.8 Å². The van der Waals surface area contributed by atoms with Crippen LogP contribution in [0.25, 0.3) is 0 Å². The summed E-state index contributed by atoms with van der Waals surface area (Å²) in [4.78, 5) is 34.1. The number of fused-ring (bicyclic) bond motifs is 3. The molecule has 5 unspecified atom stereocenters. The van der Waals surface area contributed by atoms with Crippen molar-refractivity contribution in [2.24, 2.45) is 22.7 Å². The van der Waals surface area contributed by atoms with Crippen molar-refractivity contribution in [3.63, 3.8) is 0 Å². The topological polar surface area (TPSA) is 101 Å². The van der Waals surface area contributed by atoms with Crippen molar-refractivity contribution in [3.05, 3.63) is 68.0 Å². The number of rotatable bonds is 6. The Hall–Kier alpha value is -2.71. The molecule has 186 valence electrons. The van der Waals surface area contributed by atoms with E-state index in [2.05, 4.69) is 18.8 Å². The van der Waals surface area contributed by atoms with E-state index in [-0.39, 0.29) is 35.2 Å². The van der Waals surface area contributed by atoms with Gasteiger partial charge in [0.2, 0.25) is 0 Å².